The molecule has 2 rings (SSSR count). The van der Waals surface area contributed by atoms with Gasteiger partial charge in [0.05, 0.1) is 34.0 Å². The lowest BCUT2D eigenvalue weighted by molar-refractivity contribution is -0.384. The maximum Gasteiger partial charge on any atom is 0.295 e. The van der Waals surface area contributed by atoms with E-state index in [9.17, 15) is 14.5 Å². The molecule has 1 aromatic carbocycles. The summed E-state index contributed by atoms with van der Waals surface area (Å²) in [6, 6.07) is 2.21. The standard InChI is InChI=1S/C10H8BrFN4O2/c11-7-1-9(10(16(17)18)2-8(7)12)14-4-6-3-13-5-15-6/h1-3,5,14H,4H2,(H,13,15). The third-order valence-corrected chi connectivity index (χ3v) is 2.87. The number of rotatable bonds is 4. The predicted octanol–water partition coefficient (Wildman–Crippen LogP) is 2.83. The number of hydrogen-bond acceptors (Lipinski definition) is 4. The van der Waals surface area contributed by atoms with E-state index in [1.54, 1.807) is 6.20 Å². The Labute approximate surface area is 110 Å². The number of aromatic nitrogens is 2. The van der Waals surface area contributed by atoms with Crippen LogP contribution in [0.25, 0.3) is 0 Å². The Kier molecular flexibility index (Phi) is 3.56. The predicted molar refractivity (Wildman–Crippen MR) is 66.7 cm³/mol. The van der Waals surface area contributed by atoms with Crippen molar-refractivity contribution in [2.24, 2.45) is 0 Å². The van der Waals surface area contributed by atoms with E-state index >= 15 is 0 Å². The second-order valence-electron chi connectivity index (χ2n) is 3.47. The minimum atomic E-state index is -0.672. The average molecular weight is 315 g/mol. The summed E-state index contributed by atoms with van der Waals surface area (Å²) in [6.45, 7) is 0.332. The molecule has 18 heavy (non-hydrogen) atoms. The van der Waals surface area contributed by atoms with Gasteiger partial charge in [0.15, 0.2) is 0 Å². The van der Waals surface area contributed by atoms with Crippen LogP contribution < -0.4 is 5.32 Å². The van der Waals surface area contributed by atoms with Crippen molar-refractivity contribution in [3.63, 3.8) is 0 Å². The minimum absolute atomic E-state index is 0.167. The van der Waals surface area contributed by atoms with Crippen LogP contribution in [0.4, 0.5) is 15.8 Å². The first-order chi connectivity index (χ1) is 8.58. The number of hydrogen-bond donors (Lipinski definition) is 2. The number of imidazole rings is 1. The first-order valence-electron chi connectivity index (χ1n) is 4.92. The fourth-order valence-electron chi connectivity index (χ4n) is 1.40. The highest BCUT2D eigenvalue weighted by atomic mass is 79.9. The number of nitrogens with zero attached hydrogens (tertiary/aromatic N) is 2. The van der Waals surface area contributed by atoms with Crippen LogP contribution in [0.1, 0.15) is 5.69 Å². The van der Waals surface area contributed by atoms with Gasteiger partial charge in [-0.25, -0.2) is 9.37 Å². The maximum absolute atomic E-state index is 13.2. The second kappa shape index (κ2) is 5.13. The molecule has 0 fully saturated rings. The summed E-state index contributed by atoms with van der Waals surface area (Å²) < 4.78 is 13.4. The van der Waals surface area contributed by atoms with Crippen LogP contribution in [0.5, 0.6) is 0 Å². The van der Waals surface area contributed by atoms with E-state index in [-0.39, 0.29) is 15.8 Å². The van der Waals surface area contributed by atoms with Gasteiger partial charge in [-0.15, -0.1) is 0 Å². The third-order valence-electron chi connectivity index (χ3n) is 2.26. The molecule has 0 bridgehead atoms. The summed E-state index contributed by atoms with van der Waals surface area (Å²) in [5.41, 5.74) is 0.697. The highest BCUT2D eigenvalue weighted by molar-refractivity contribution is 9.10. The van der Waals surface area contributed by atoms with Gasteiger partial charge >= 0.3 is 0 Å². The summed E-state index contributed by atoms with van der Waals surface area (Å²) in [6.07, 6.45) is 3.10. The van der Waals surface area contributed by atoms with Gasteiger partial charge in [-0.05, 0) is 22.0 Å². The molecule has 1 heterocycles. The number of aromatic amines is 1. The monoisotopic (exact) mass is 314 g/mol. The number of H-pyrrole nitrogens is 1. The van der Waals surface area contributed by atoms with E-state index in [0.717, 1.165) is 11.8 Å². The zero-order valence-electron chi connectivity index (χ0n) is 8.98. The van der Waals surface area contributed by atoms with Crippen molar-refractivity contribution < 1.29 is 9.31 Å². The largest absolute Gasteiger partial charge is 0.374 e. The molecule has 8 heteroatoms. The van der Waals surface area contributed by atoms with Crippen molar-refractivity contribution in [1.82, 2.24) is 9.97 Å². The lowest BCUT2D eigenvalue weighted by Gasteiger charge is -2.07. The van der Waals surface area contributed by atoms with Gasteiger partial charge in [0, 0.05) is 6.20 Å². The molecule has 2 aromatic rings. The molecular weight excluding hydrogens is 307 g/mol. The Bertz CT molecular complexity index is 574. The number of nitrogens with one attached hydrogen (secondary N) is 2. The van der Waals surface area contributed by atoms with Crippen LogP contribution >= 0.6 is 15.9 Å². The number of nitro groups is 1. The Morgan fingerprint density at radius 2 is 2.33 bits per heavy atom. The van der Waals surface area contributed by atoms with Gasteiger partial charge in [0.2, 0.25) is 0 Å². The summed E-state index contributed by atoms with van der Waals surface area (Å²) in [4.78, 5) is 16.9. The molecule has 0 unspecified atom stereocenters. The second-order valence-corrected chi connectivity index (χ2v) is 4.33. The van der Waals surface area contributed by atoms with Crippen LogP contribution in [0.15, 0.2) is 29.1 Å². The number of anilines is 1. The summed E-state index contributed by atoms with van der Waals surface area (Å²) in [7, 11) is 0. The van der Waals surface area contributed by atoms with E-state index in [0.29, 0.717) is 6.54 Å². The maximum atomic E-state index is 13.2. The van der Waals surface area contributed by atoms with Gasteiger partial charge < -0.3 is 10.3 Å². The molecule has 0 amide bonds. The van der Waals surface area contributed by atoms with Gasteiger partial charge in [0.1, 0.15) is 11.5 Å². The first kappa shape index (κ1) is 12.5. The molecule has 0 radical (unpaired) electrons. The molecule has 0 aliphatic heterocycles. The molecule has 0 saturated heterocycles. The van der Waals surface area contributed by atoms with Crippen molar-refractivity contribution >= 4 is 27.3 Å². The molecular formula is C10H8BrFN4O2. The molecule has 94 valence electrons. The van der Waals surface area contributed by atoms with E-state index in [4.69, 9.17) is 0 Å². The minimum Gasteiger partial charge on any atom is -0.374 e. The van der Waals surface area contributed by atoms with Crippen molar-refractivity contribution in [3.8, 4) is 0 Å². The van der Waals surface area contributed by atoms with Crippen molar-refractivity contribution in [1.29, 1.82) is 0 Å². The van der Waals surface area contributed by atoms with Crippen molar-refractivity contribution in [2.45, 2.75) is 6.54 Å². The van der Waals surface area contributed by atoms with Gasteiger partial charge in [-0.3, -0.25) is 10.1 Å². The van der Waals surface area contributed by atoms with E-state index < -0.39 is 10.7 Å². The lowest BCUT2D eigenvalue weighted by Crippen LogP contribution is -2.03. The van der Waals surface area contributed by atoms with E-state index in [2.05, 4.69) is 31.2 Å². The van der Waals surface area contributed by atoms with E-state index in [1.165, 1.54) is 12.4 Å². The highest BCUT2D eigenvalue weighted by Gasteiger charge is 2.17. The number of benzene rings is 1. The molecule has 6 nitrogen and oxygen atoms in total. The third kappa shape index (κ3) is 2.65. The molecule has 0 aliphatic carbocycles. The van der Waals surface area contributed by atoms with Crippen LogP contribution in [-0.2, 0) is 6.54 Å². The van der Waals surface area contributed by atoms with Gasteiger partial charge in [-0.1, -0.05) is 0 Å². The van der Waals surface area contributed by atoms with Gasteiger partial charge in [-0.2, -0.15) is 0 Å². The highest BCUT2D eigenvalue weighted by Crippen LogP contribution is 2.30. The van der Waals surface area contributed by atoms with Crippen molar-refractivity contribution in [2.75, 3.05) is 5.32 Å². The summed E-state index contributed by atoms with van der Waals surface area (Å²) in [5.74, 6) is -0.672. The molecule has 0 aliphatic rings. The van der Waals surface area contributed by atoms with Crippen LogP contribution in [0.3, 0.4) is 0 Å². The first-order valence-corrected chi connectivity index (χ1v) is 5.72. The fraction of sp³-hybridized carbons (Fsp3) is 0.100. The Hall–Kier alpha value is -1.96. The number of halogens is 2. The fourth-order valence-corrected chi connectivity index (χ4v) is 1.74. The quantitative estimate of drug-likeness (QED) is 0.671. The lowest BCUT2D eigenvalue weighted by atomic mass is 10.2. The zero-order chi connectivity index (χ0) is 13.1. The number of nitro benzene ring substituents is 1. The topological polar surface area (TPSA) is 83.8 Å². The average Bonchev–Trinajstić information content (AvgIpc) is 2.83. The normalized spacial score (nSPS) is 10.3. The SMILES string of the molecule is O=[N+]([O-])c1cc(F)c(Br)cc1NCc1cnc[nH]1. The molecule has 0 saturated carbocycles. The van der Waals surface area contributed by atoms with Crippen molar-refractivity contribution in [3.05, 3.63) is 50.8 Å². The molecule has 1 aromatic heterocycles. The molecule has 0 atom stereocenters. The van der Waals surface area contributed by atoms with Crippen LogP contribution in [0, 0.1) is 15.9 Å². The van der Waals surface area contributed by atoms with Crippen LogP contribution in [0.2, 0.25) is 0 Å². The summed E-state index contributed by atoms with van der Waals surface area (Å²) >= 11 is 2.99. The van der Waals surface area contributed by atoms with Gasteiger partial charge in [0.25, 0.3) is 5.69 Å². The smallest absolute Gasteiger partial charge is 0.295 e. The zero-order valence-corrected chi connectivity index (χ0v) is 10.6. The Morgan fingerprint density at radius 1 is 1.56 bits per heavy atom. The van der Waals surface area contributed by atoms with Crippen LogP contribution in [-0.4, -0.2) is 14.9 Å². The summed E-state index contributed by atoms with van der Waals surface area (Å²) in [5, 5.41) is 13.7. The van der Waals surface area contributed by atoms with E-state index in [1.807, 2.05) is 0 Å². The molecule has 2 N–H and O–H groups in total. The Balaban J connectivity index is 2.25. The Morgan fingerprint density at radius 3 is 2.94 bits per heavy atom. The molecule has 0 spiro atoms.